The van der Waals surface area contributed by atoms with E-state index >= 15 is 0 Å². The molecule has 0 radical (unpaired) electrons. The van der Waals surface area contributed by atoms with Crippen molar-refractivity contribution in [2.24, 2.45) is 5.41 Å². The van der Waals surface area contributed by atoms with Crippen molar-refractivity contribution in [3.05, 3.63) is 58.1 Å². The Bertz CT molecular complexity index is 1190. The van der Waals surface area contributed by atoms with Gasteiger partial charge in [0.1, 0.15) is 18.4 Å². The highest BCUT2D eigenvalue weighted by atomic mass is 16.5. The first-order valence-corrected chi connectivity index (χ1v) is 11.8. The summed E-state index contributed by atoms with van der Waals surface area (Å²) in [5.74, 6) is 0.428. The molecular weight excluding hydrogens is 430 g/mol. The number of esters is 1. The lowest BCUT2D eigenvalue weighted by atomic mass is 9.77. The number of rotatable bonds is 5. The lowest BCUT2D eigenvalue weighted by molar-refractivity contribution is -0.118. The van der Waals surface area contributed by atoms with Crippen LogP contribution in [0, 0.1) is 23.7 Å². The minimum atomic E-state index is -0.217. The number of likely N-dealkylation sites (tertiary alicyclic amines) is 1. The van der Waals surface area contributed by atoms with Crippen molar-refractivity contribution in [2.75, 3.05) is 38.2 Å². The molecule has 0 aliphatic carbocycles. The number of hydrogen-bond donors (Lipinski definition) is 0. The van der Waals surface area contributed by atoms with Crippen LogP contribution in [-0.4, -0.2) is 50.1 Å². The van der Waals surface area contributed by atoms with E-state index in [0.717, 1.165) is 50.1 Å². The number of hydrogen-bond acceptors (Lipinski definition) is 6. The van der Waals surface area contributed by atoms with Crippen LogP contribution in [0.1, 0.15) is 51.9 Å². The van der Waals surface area contributed by atoms with Gasteiger partial charge in [0.15, 0.2) is 0 Å². The molecule has 176 valence electrons. The lowest BCUT2D eigenvalue weighted by Gasteiger charge is -2.39. The molecule has 0 saturated carbocycles. The first kappa shape index (κ1) is 22.4. The van der Waals surface area contributed by atoms with Crippen LogP contribution in [0.4, 0.5) is 5.69 Å². The number of piperidine rings is 1. The maximum Gasteiger partial charge on any atom is 0.338 e. The SMILES string of the molecule is COc1cc(N2CC3(CCN(CCc4ccc5c(c4C)COC5=O)CC3)CC2=O)ccc1C#N. The molecule has 34 heavy (non-hydrogen) atoms. The van der Waals surface area contributed by atoms with E-state index in [2.05, 4.69) is 24.0 Å². The summed E-state index contributed by atoms with van der Waals surface area (Å²) in [4.78, 5) is 29.0. The zero-order valence-corrected chi connectivity index (χ0v) is 19.7. The highest BCUT2D eigenvalue weighted by molar-refractivity contribution is 5.96. The quantitative estimate of drug-likeness (QED) is 0.636. The van der Waals surface area contributed by atoms with Gasteiger partial charge in [0.25, 0.3) is 0 Å². The summed E-state index contributed by atoms with van der Waals surface area (Å²) in [5, 5.41) is 9.23. The molecule has 0 unspecified atom stereocenters. The number of methoxy groups -OCH3 is 1. The predicted molar refractivity (Wildman–Crippen MR) is 127 cm³/mol. The first-order chi connectivity index (χ1) is 16.4. The standard InChI is InChI=1S/C27H29N3O4/c1-18-19(4-6-22-23(18)16-34-26(22)32)7-10-29-11-8-27(9-12-29)14-25(31)30(17-27)21-5-3-20(15-28)24(13-21)33-2/h3-6,13H,7-12,14,16-17H2,1-2H3. The van der Waals surface area contributed by atoms with Gasteiger partial charge in [0.05, 0.1) is 18.2 Å². The fraction of sp³-hybridized carbons (Fsp3) is 0.444. The fourth-order valence-electron chi connectivity index (χ4n) is 5.60. The molecule has 3 heterocycles. The summed E-state index contributed by atoms with van der Waals surface area (Å²) < 4.78 is 10.5. The highest BCUT2D eigenvalue weighted by Gasteiger charge is 2.45. The van der Waals surface area contributed by atoms with E-state index in [1.54, 1.807) is 19.2 Å². The molecule has 2 saturated heterocycles. The van der Waals surface area contributed by atoms with Gasteiger partial charge in [-0.2, -0.15) is 5.26 Å². The summed E-state index contributed by atoms with van der Waals surface area (Å²) >= 11 is 0. The molecule has 3 aliphatic rings. The van der Waals surface area contributed by atoms with Crippen molar-refractivity contribution in [3.63, 3.8) is 0 Å². The van der Waals surface area contributed by atoms with Gasteiger partial charge in [-0.15, -0.1) is 0 Å². The van der Waals surface area contributed by atoms with Gasteiger partial charge in [-0.05, 0) is 74.0 Å². The van der Waals surface area contributed by atoms with Crippen molar-refractivity contribution < 1.29 is 19.1 Å². The van der Waals surface area contributed by atoms with Crippen molar-refractivity contribution in [3.8, 4) is 11.8 Å². The van der Waals surface area contributed by atoms with E-state index in [0.29, 0.717) is 36.4 Å². The molecule has 1 amide bonds. The van der Waals surface area contributed by atoms with E-state index in [1.807, 2.05) is 17.0 Å². The van der Waals surface area contributed by atoms with Gasteiger partial charge >= 0.3 is 5.97 Å². The van der Waals surface area contributed by atoms with E-state index in [9.17, 15) is 14.9 Å². The van der Waals surface area contributed by atoms with E-state index in [-0.39, 0.29) is 17.3 Å². The Kier molecular flexibility index (Phi) is 5.78. The van der Waals surface area contributed by atoms with Gasteiger partial charge in [-0.1, -0.05) is 6.07 Å². The smallest absolute Gasteiger partial charge is 0.338 e. The van der Waals surface area contributed by atoms with Crippen molar-refractivity contribution >= 4 is 17.6 Å². The molecule has 2 fully saturated rings. The van der Waals surface area contributed by atoms with E-state index in [1.165, 1.54) is 11.1 Å². The largest absolute Gasteiger partial charge is 0.495 e. The van der Waals surface area contributed by atoms with Gasteiger partial charge in [-0.25, -0.2) is 4.79 Å². The molecular formula is C27H29N3O4. The number of nitrogens with zero attached hydrogens (tertiary/aromatic N) is 3. The van der Waals surface area contributed by atoms with Gasteiger partial charge in [0.2, 0.25) is 5.91 Å². The Morgan fingerprint density at radius 2 is 1.97 bits per heavy atom. The van der Waals surface area contributed by atoms with Crippen molar-refractivity contribution in [1.82, 2.24) is 4.90 Å². The second kappa shape index (κ2) is 8.77. The monoisotopic (exact) mass is 459 g/mol. The third-order valence-electron chi connectivity index (χ3n) is 7.83. The van der Waals surface area contributed by atoms with Crippen molar-refractivity contribution in [2.45, 2.75) is 39.2 Å². The van der Waals surface area contributed by atoms with Crippen LogP contribution in [-0.2, 0) is 22.6 Å². The van der Waals surface area contributed by atoms with Crippen LogP contribution in [0.5, 0.6) is 5.75 Å². The third kappa shape index (κ3) is 3.92. The lowest BCUT2D eigenvalue weighted by Crippen LogP contribution is -2.42. The molecule has 3 aliphatic heterocycles. The summed E-state index contributed by atoms with van der Waals surface area (Å²) in [7, 11) is 1.54. The third-order valence-corrected chi connectivity index (χ3v) is 7.83. The topological polar surface area (TPSA) is 82.9 Å². The number of ether oxygens (including phenoxy) is 2. The van der Waals surface area contributed by atoms with Crippen LogP contribution in [0.25, 0.3) is 0 Å². The predicted octanol–water partition coefficient (Wildman–Crippen LogP) is 3.61. The Morgan fingerprint density at radius 1 is 1.18 bits per heavy atom. The zero-order valence-electron chi connectivity index (χ0n) is 19.7. The van der Waals surface area contributed by atoms with Gasteiger partial charge < -0.3 is 19.3 Å². The summed E-state index contributed by atoms with van der Waals surface area (Å²) in [6, 6.07) is 11.4. The molecule has 0 atom stereocenters. The van der Waals surface area contributed by atoms with Gasteiger partial charge in [0, 0.05) is 36.8 Å². The zero-order chi connectivity index (χ0) is 23.9. The summed E-state index contributed by atoms with van der Waals surface area (Å²) in [6.45, 7) is 6.10. The minimum Gasteiger partial charge on any atom is -0.495 e. The molecule has 5 rings (SSSR count). The Morgan fingerprint density at radius 3 is 2.71 bits per heavy atom. The Labute approximate surface area is 199 Å². The summed E-state index contributed by atoms with van der Waals surface area (Å²) in [5.41, 5.74) is 5.46. The number of amides is 1. The molecule has 0 N–H and O–H groups in total. The van der Waals surface area contributed by atoms with Crippen LogP contribution in [0.2, 0.25) is 0 Å². The molecule has 7 nitrogen and oxygen atoms in total. The second-order valence-electron chi connectivity index (χ2n) is 9.70. The second-order valence-corrected chi connectivity index (χ2v) is 9.70. The van der Waals surface area contributed by atoms with E-state index < -0.39 is 0 Å². The average molecular weight is 460 g/mol. The number of carbonyl (C=O) groups is 2. The normalized spacial score (nSPS) is 19.3. The number of nitriles is 1. The minimum absolute atomic E-state index is 0.00983. The van der Waals surface area contributed by atoms with Crippen LogP contribution in [0.15, 0.2) is 30.3 Å². The molecule has 1 spiro atoms. The molecule has 0 bridgehead atoms. The number of cyclic esters (lactones) is 1. The Balaban J connectivity index is 1.20. The molecule has 2 aromatic rings. The maximum atomic E-state index is 12.9. The fourth-order valence-corrected chi connectivity index (χ4v) is 5.60. The maximum absolute atomic E-state index is 12.9. The van der Waals surface area contributed by atoms with Crippen LogP contribution in [0.3, 0.4) is 0 Å². The molecule has 7 heteroatoms. The first-order valence-electron chi connectivity index (χ1n) is 11.8. The average Bonchev–Trinajstić information content (AvgIpc) is 3.39. The number of fused-ring (bicyclic) bond motifs is 1. The summed E-state index contributed by atoms with van der Waals surface area (Å²) in [6.07, 6.45) is 3.50. The Hall–Kier alpha value is -3.37. The van der Waals surface area contributed by atoms with Gasteiger partial charge in [-0.3, -0.25) is 4.79 Å². The van der Waals surface area contributed by atoms with Crippen molar-refractivity contribution in [1.29, 1.82) is 5.26 Å². The van der Waals surface area contributed by atoms with E-state index in [4.69, 9.17) is 9.47 Å². The number of carbonyl (C=O) groups excluding carboxylic acids is 2. The molecule has 2 aromatic carbocycles. The number of anilines is 1. The van der Waals surface area contributed by atoms with Crippen LogP contribution < -0.4 is 9.64 Å². The number of benzene rings is 2. The van der Waals surface area contributed by atoms with Crippen LogP contribution >= 0.6 is 0 Å². The molecule has 0 aromatic heterocycles. The highest BCUT2D eigenvalue weighted by Crippen LogP contribution is 2.43.